The predicted molar refractivity (Wildman–Crippen MR) is 65.2 cm³/mol. The van der Waals surface area contributed by atoms with Gasteiger partial charge in [-0.3, -0.25) is 9.59 Å². The third-order valence-electron chi connectivity index (χ3n) is 2.38. The van der Waals surface area contributed by atoms with Crippen molar-refractivity contribution in [2.24, 2.45) is 0 Å². The lowest BCUT2D eigenvalue weighted by molar-refractivity contribution is -0.136. The minimum Gasteiger partial charge on any atom is -0.494 e. The zero-order valence-electron chi connectivity index (χ0n) is 10.3. The molecule has 0 unspecified atom stereocenters. The van der Waals surface area contributed by atoms with E-state index in [2.05, 4.69) is 0 Å². The summed E-state index contributed by atoms with van der Waals surface area (Å²) in [7, 11) is 2.94. The smallest absolute Gasteiger partial charge is 0.305 e. The van der Waals surface area contributed by atoms with Gasteiger partial charge in [-0.05, 0) is 12.1 Å². The summed E-state index contributed by atoms with van der Waals surface area (Å²) in [6.45, 7) is 0.0512. The number of carbonyl (C=O) groups is 2. The molecule has 0 saturated heterocycles. The highest BCUT2D eigenvalue weighted by atomic mass is 16.5. The number of para-hydroxylation sites is 1. The van der Waals surface area contributed by atoms with Gasteiger partial charge in [0.05, 0.1) is 20.6 Å². The van der Waals surface area contributed by atoms with Crippen LogP contribution in [0.5, 0.6) is 11.5 Å². The van der Waals surface area contributed by atoms with Crippen LogP contribution in [-0.2, 0) is 9.59 Å². The molecule has 6 heteroatoms. The minimum atomic E-state index is -0.976. The Morgan fingerprint density at radius 1 is 1.33 bits per heavy atom. The van der Waals surface area contributed by atoms with Crippen LogP contribution in [0.4, 0.5) is 5.69 Å². The second-order valence-electron chi connectivity index (χ2n) is 3.45. The van der Waals surface area contributed by atoms with E-state index in [4.69, 9.17) is 14.6 Å². The lowest BCUT2D eigenvalue weighted by Gasteiger charge is -2.21. The molecule has 6 nitrogen and oxygen atoms in total. The third kappa shape index (κ3) is 3.13. The molecule has 0 heterocycles. The van der Waals surface area contributed by atoms with E-state index in [1.54, 1.807) is 18.2 Å². The van der Waals surface area contributed by atoms with Crippen molar-refractivity contribution in [3.8, 4) is 11.5 Å². The van der Waals surface area contributed by atoms with Crippen LogP contribution in [0.25, 0.3) is 0 Å². The molecular formula is C12H15NO5. The quantitative estimate of drug-likeness (QED) is 0.737. The zero-order chi connectivity index (χ0) is 13.5. The molecule has 0 aliphatic heterocycles. The first-order valence-electron chi connectivity index (χ1n) is 5.28. The summed E-state index contributed by atoms with van der Waals surface area (Å²) in [4.78, 5) is 22.9. The minimum absolute atomic E-state index is 0.0512. The molecule has 18 heavy (non-hydrogen) atoms. The Morgan fingerprint density at radius 3 is 2.28 bits per heavy atom. The van der Waals surface area contributed by atoms with Crippen molar-refractivity contribution in [2.45, 2.75) is 6.42 Å². The Morgan fingerprint density at radius 2 is 1.89 bits per heavy atom. The fourth-order valence-corrected chi connectivity index (χ4v) is 1.55. The molecule has 0 radical (unpaired) electrons. The standard InChI is InChI=1S/C12H15NO5/c1-17-9-4-3-5-10(18-2)12(9)13(8-14)7-6-11(15)16/h3-5,8H,6-7H2,1-2H3,(H,15,16). The van der Waals surface area contributed by atoms with Gasteiger partial charge in [-0.15, -0.1) is 0 Å². The highest BCUT2D eigenvalue weighted by molar-refractivity contribution is 5.84. The van der Waals surface area contributed by atoms with Crippen LogP contribution in [0.1, 0.15) is 6.42 Å². The normalized spacial score (nSPS) is 9.67. The zero-order valence-corrected chi connectivity index (χ0v) is 10.3. The first kappa shape index (κ1) is 13.8. The number of hydrogen-bond acceptors (Lipinski definition) is 4. The number of carbonyl (C=O) groups excluding carboxylic acids is 1. The van der Waals surface area contributed by atoms with Gasteiger partial charge in [0.1, 0.15) is 17.2 Å². The summed E-state index contributed by atoms with van der Waals surface area (Å²) in [5, 5.41) is 8.65. The van der Waals surface area contributed by atoms with E-state index >= 15 is 0 Å². The molecule has 0 atom stereocenters. The maximum Gasteiger partial charge on any atom is 0.305 e. The summed E-state index contributed by atoms with van der Waals surface area (Å²) < 4.78 is 10.3. The topological polar surface area (TPSA) is 76.1 Å². The van der Waals surface area contributed by atoms with E-state index in [1.807, 2.05) is 0 Å². The van der Waals surface area contributed by atoms with Crippen LogP contribution in [-0.4, -0.2) is 38.3 Å². The van der Waals surface area contributed by atoms with Crippen molar-refractivity contribution in [3.05, 3.63) is 18.2 Å². The van der Waals surface area contributed by atoms with Crippen LogP contribution in [0.3, 0.4) is 0 Å². The Balaban J connectivity index is 3.09. The molecule has 1 aromatic rings. The maximum atomic E-state index is 11.1. The summed E-state index contributed by atoms with van der Waals surface area (Å²) >= 11 is 0. The number of methoxy groups -OCH3 is 2. The van der Waals surface area contributed by atoms with Gasteiger partial charge in [-0.2, -0.15) is 0 Å². The van der Waals surface area contributed by atoms with E-state index in [0.717, 1.165) is 0 Å². The molecule has 0 aromatic heterocycles. The molecule has 0 spiro atoms. The van der Waals surface area contributed by atoms with E-state index in [1.165, 1.54) is 19.1 Å². The predicted octanol–water partition coefficient (Wildman–Crippen LogP) is 1.14. The molecule has 0 bridgehead atoms. The molecule has 1 N–H and O–H groups in total. The SMILES string of the molecule is COc1cccc(OC)c1N(C=O)CCC(=O)O. The van der Waals surface area contributed by atoms with E-state index < -0.39 is 5.97 Å². The molecule has 0 fully saturated rings. The Kier molecular flexibility index (Phi) is 4.98. The van der Waals surface area contributed by atoms with Gasteiger partial charge in [-0.25, -0.2) is 0 Å². The van der Waals surface area contributed by atoms with Crippen LogP contribution in [0, 0.1) is 0 Å². The monoisotopic (exact) mass is 253 g/mol. The lowest BCUT2D eigenvalue weighted by atomic mass is 10.2. The Hall–Kier alpha value is -2.24. The van der Waals surface area contributed by atoms with Gasteiger partial charge in [0.25, 0.3) is 0 Å². The van der Waals surface area contributed by atoms with Crippen molar-refractivity contribution in [3.63, 3.8) is 0 Å². The van der Waals surface area contributed by atoms with Gasteiger partial charge in [0.2, 0.25) is 6.41 Å². The number of hydrogen-bond donors (Lipinski definition) is 1. The second kappa shape index (κ2) is 6.48. The van der Waals surface area contributed by atoms with Crippen LogP contribution in [0.15, 0.2) is 18.2 Å². The number of carboxylic acid groups (broad SMARTS) is 1. The number of amides is 1. The number of rotatable bonds is 7. The number of carboxylic acids is 1. The fraction of sp³-hybridized carbons (Fsp3) is 0.333. The van der Waals surface area contributed by atoms with Gasteiger partial charge >= 0.3 is 5.97 Å². The number of benzene rings is 1. The lowest BCUT2D eigenvalue weighted by Crippen LogP contribution is -2.25. The summed E-state index contributed by atoms with van der Waals surface area (Å²) in [6, 6.07) is 5.07. The first-order chi connectivity index (χ1) is 8.63. The number of anilines is 1. The van der Waals surface area contributed by atoms with E-state index in [0.29, 0.717) is 23.6 Å². The van der Waals surface area contributed by atoms with Crippen molar-refractivity contribution in [2.75, 3.05) is 25.7 Å². The number of ether oxygens (including phenoxy) is 2. The molecule has 1 amide bonds. The molecule has 0 aliphatic carbocycles. The van der Waals surface area contributed by atoms with Crippen molar-refractivity contribution in [1.29, 1.82) is 0 Å². The van der Waals surface area contributed by atoms with Gasteiger partial charge in [0.15, 0.2) is 0 Å². The van der Waals surface area contributed by atoms with E-state index in [-0.39, 0.29) is 13.0 Å². The molecule has 1 aromatic carbocycles. The molecular weight excluding hydrogens is 238 g/mol. The largest absolute Gasteiger partial charge is 0.494 e. The van der Waals surface area contributed by atoms with Crippen LogP contribution in [0.2, 0.25) is 0 Å². The first-order valence-corrected chi connectivity index (χ1v) is 5.28. The molecule has 0 aliphatic rings. The van der Waals surface area contributed by atoms with Gasteiger partial charge < -0.3 is 19.5 Å². The fourth-order valence-electron chi connectivity index (χ4n) is 1.55. The maximum absolute atomic E-state index is 11.1. The highest BCUT2D eigenvalue weighted by Crippen LogP contribution is 2.36. The van der Waals surface area contributed by atoms with Crippen molar-refractivity contribution >= 4 is 18.1 Å². The Labute approximate surface area is 105 Å². The van der Waals surface area contributed by atoms with Crippen LogP contribution >= 0.6 is 0 Å². The molecule has 0 saturated carbocycles. The average Bonchev–Trinajstić information content (AvgIpc) is 2.39. The Bertz CT molecular complexity index is 410. The number of aliphatic carboxylic acids is 1. The van der Waals surface area contributed by atoms with Crippen molar-refractivity contribution < 1.29 is 24.2 Å². The van der Waals surface area contributed by atoms with Crippen molar-refractivity contribution in [1.82, 2.24) is 0 Å². The van der Waals surface area contributed by atoms with E-state index in [9.17, 15) is 9.59 Å². The summed E-state index contributed by atoms with van der Waals surface area (Å²) in [5.41, 5.74) is 0.429. The summed E-state index contributed by atoms with van der Waals surface area (Å²) in [6.07, 6.45) is 0.406. The summed E-state index contributed by atoms with van der Waals surface area (Å²) in [5.74, 6) is -0.0746. The average molecular weight is 253 g/mol. The third-order valence-corrected chi connectivity index (χ3v) is 2.38. The number of nitrogens with zero attached hydrogens (tertiary/aromatic N) is 1. The second-order valence-corrected chi connectivity index (χ2v) is 3.45. The van der Waals surface area contributed by atoms with Gasteiger partial charge in [0, 0.05) is 6.54 Å². The van der Waals surface area contributed by atoms with Gasteiger partial charge in [-0.1, -0.05) is 6.07 Å². The molecule has 1 rings (SSSR count). The highest BCUT2D eigenvalue weighted by Gasteiger charge is 2.17. The van der Waals surface area contributed by atoms with Crippen LogP contribution < -0.4 is 14.4 Å². The molecule has 98 valence electrons.